The molecular formula is C13H17N3O3. The van der Waals surface area contributed by atoms with Crippen LogP contribution in [0.1, 0.15) is 30.6 Å². The molecule has 0 aliphatic heterocycles. The first-order valence-electron chi connectivity index (χ1n) is 6.24. The number of hydrogen-bond donors (Lipinski definition) is 1. The highest BCUT2D eigenvalue weighted by Gasteiger charge is 2.17. The average Bonchev–Trinajstić information content (AvgIpc) is 2.89. The third kappa shape index (κ3) is 2.67. The topological polar surface area (TPSA) is 81.2 Å². The quantitative estimate of drug-likeness (QED) is 0.894. The second-order valence-corrected chi connectivity index (χ2v) is 4.52. The Balaban J connectivity index is 2.36. The highest BCUT2D eigenvalue weighted by Crippen LogP contribution is 2.26. The predicted octanol–water partition coefficient (Wildman–Crippen LogP) is 2.19. The molecule has 1 N–H and O–H groups in total. The van der Waals surface area contributed by atoms with Gasteiger partial charge in [0.25, 0.3) is 0 Å². The number of aromatic nitrogens is 3. The van der Waals surface area contributed by atoms with Gasteiger partial charge in [-0.15, -0.1) is 10.2 Å². The number of nitrogens with zero attached hydrogens (tertiary/aromatic N) is 3. The lowest BCUT2D eigenvalue weighted by atomic mass is 10.2. The molecule has 0 saturated heterocycles. The van der Waals surface area contributed by atoms with E-state index >= 15 is 0 Å². The van der Waals surface area contributed by atoms with Gasteiger partial charge >= 0.3 is 5.97 Å². The molecule has 102 valence electrons. The monoisotopic (exact) mass is 263 g/mol. The molecule has 0 fully saturated rings. The van der Waals surface area contributed by atoms with Crippen molar-refractivity contribution in [3.63, 3.8) is 0 Å². The minimum Gasteiger partial charge on any atom is -0.480 e. The van der Waals surface area contributed by atoms with Gasteiger partial charge in [0, 0.05) is 17.8 Å². The van der Waals surface area contributed by atoms with Crippen LogP contribution < -0.4 is 0 Å². The first-order chi connectivity index (χ1) is 9.02. The first-order valence-corrected chi connectivity index (χ1v) is 6.24. The molecule has 0 amide bonds. The molecular weight excluding hydrogens is 246 g/mol. The molecule has 0 bridgehead atoms. The second kappa shape index (κ2) is 5.26. The summed E-state index contributed by atoms with van der Waals surface area (Å²) < 4.78 is 7.30. The van der Waals surface area contributed by atoms with Crippen molar-refractivity contribution in [2.45, 2.75) is 40.2 Å². The summed E-state index contributed by atoms with van der Waals surface area (Å²) in [4.78, 5) is 10.8. The van der Waals surface area contributed by atoms with E-state index in [2.05, 4.69) is 10.2 Å². The summed E-state index contributed by atoms with van der Waals surface area (Å²) in [5.74, 6) is 0.194. The van der Waals surface area contributed by atoms with Gasteiger partial charge in [-0.2, -0.15) is 0 Å². The van der Waals surface area contributed by atoms with Crippen LogP contribution in [0.15, 0.2) is 10.5 Å². The SMILES string of the molecule is CCCc1nnc(-c2cc(C)n(CC(=O)O)c2C)o1. The van der Waals surface area contributed by atoms with E-state index in [4.69, 9.17) is 9.52 Å². The second-order valence-electron chi connectivity index (χ2n) is 4.52. The van der Waals surface area contributed by atoms with Crippen molar-refractivity contribution in [3.8, 4) is 11.5 Å². The molecule has 0 aliphatic rings. The van der Waals surface area contributed by atoms with E-state index in [0.717, 1.165) is 29.8 Å². The highest BCUT2D eigenvalue weighted by atomic mass is 16.4. The van der Waals surface area contributed by atoms with Crippen LogP contribution in [0.5, 0.6) is 0 Å². The number of carboxylic acid groups (broad SMARTS) is 1. The number of aryl methyl sites for hydroxylation is 2. The molecule has 2 aromatic heterocycles. The molecule has 0 radical (unpaired) electrons. The third-order valence-electron chi connectivity index (χ3n) is 3.03. The molecule has 2 rings (SSSR count). The van der Waals surface area contributed by atoms with Crippen LogP contribution >= 0.6 is 0 Å². The van der Waals surface area contributed by atoms with Gasteiger partial charge < -0.3 is 14.1 Å². The lowest BCUT2D eigenvalue weighted by Crippen LogP contribution is -2.11. The number of aliphatic carboxylic acids is 1. The van der Waals surface area contributed by atoms with Crippen LogP contribution in [0, 0.1) is 13.8 Å². The summed E-state index contributed by atoms with van der Waals surface area (Å²) in [6.45, 7) is 5.70. The largest absolute Gasteiger partial charge is 0.480 e. The van der Waals surface area contributed by atoms with Gasteiger partial charge in [-0.1, -0.05) is 6.92 Å². The van der Waals surface area contributed by atoms with E-state index in [1.165, 1.54) is 0 Å². The fourth-order valence-electron chi connectivity index (χ4n) is 2.07. The standard InChI is InChI=1S/C13H17N3O3/c1-4-5-11-14-15-13(19-11)10-6-8(2)16(9(10)3)7-12(17)18/h6H,4-5,7H2,1-3H3,(H,17,18). The Labute approximate surface area is 111 Å². The lowest BCUT2D eigenvalue weighted by molar-refractivity contribution is -0.137. The van der Waals surface area contributed by atoms with Crippen LogP contribution in [0.3, 0.4) is 0 Å². The molecule has 6 nitrogen and oxygen atoms in total. The van der Waals surface area contributed by atoms with Crippen molar-refractivity contribution in [1.82, 2.24) is 14.8 Å². The molecule has 0 spiro atoms. The van der Waals surface area contributed by atoms with Crippen molar-refractivity contribution in [2.75, 3.05) is 0 Å². The number of hydrogen-bond acceptors (Lipinski definition) is 4. The van der Waals surface area contributed by atoms with Crippen LogP contribution in [0.4, 0.5) is 0 Å². The van der Waals surface area contributed by atoms with E-state index in [0.29, 0.717) is 11.8 Å². The van der Waals surface area contributed by atoms with E-state index in [-0.39, 0.29) is 6.54 Å². The summed E-state index contributed by atoms with van der Waals surface area (Å²) in [6.07, 6.45) is 1.69. The minimum atomic E-state index is -0.870. The Morgan fingerprint density at radius 2 is 2.16 bits per heavy atom. The Kier molecular flexibility index (Phi) is 3.69. The number of carboxylic acids is 1. The molecule has 0 unspecified atom stereocenters. The molecule has 0 aliphatic carbocycles. The van der Waals surface area contributed by atoms with Crippen LogP contribution in [-0.4, -0.2) is 25.8 Å². The maximum Gasteiger partial charge on any atom is 0.323 e. The molecule has 2 aromatic rings. The summed E-state index contributed by atoms with van der Waals surface area (Å²) in [7, 11) is 0. The third-order valence-corrected chi connectivity index (χ3v) is 3.03. The number of carbonyl (C=O) groups is 1. The van der Waals surface area contributed by atoms with Gasteiger partial charge in [0.05, 0.1) is 5.56 Å². The summed E-state index contributed by atoms with van der Waals surface area (Å²) in [6, 6.07) is 1.88. The number of rotatable bonds is 5. The minimum absolute atomic E-state index is 0.0619. The Morgan fingerprint density at radius 3 is 2.79 bits per heavy atom. The predicted molar refractivity (Wildman–Crippen MR) is 68.8 cm³/mol. The highest BCUT2D eigenvalue weighted by molar-refractivity contribution is 5.68. The Morgan fingerprint density at radius 1 is 1.42 bits per heavy atom. The van der Waals surface area contributed by atoms with Gasteiger partial charge in [0.1, 0.15) is 6.54 Å². The van der Waals surface area contributed by atoms with E-state index in [9.17, 15) is 4.79 Å². The smallest absolute Gasteiger partial charge is 0.323 e. The van der Waals surface area contributed by atoms with Gasteiger partial charge in [0.2, 0.25) is 11.8 Å². The average molecular weight is 263 g/mol. The lowest BCUT2D eigenvalue weighted by Gasteiger charge is -2.05. The van der Waals surface area contributed by atoms with E-state index in [1.54, 1.807) is 4.57 Å². The van der Waals surface area contributed by atoms with Crippen molar-refractivity contribution in [2.24, 2.45) is 0 Å². The van der Waals surface area contributed by atoms with Gasteiger partial charge in [0.15, 0.2) is 0 Å². The fraction of sp³-hybridized carbons (Fsp3) is 0.462. The maximum atomic E-state index is 10.8. The zero-order valence-electron chi connectivity index (χ0n) is 11.3. The summed E-state index contributed by atoms with van der Waals surface area (Å²) >= 11 is 0. The summed E-state index contributed by atoms with van der Waals surface area (Å²) in [5.41, 5.74) is 2.49. The molecule has 0 saturated carbocycles. The van der Waals surface area contributed by atoms with Crippen LogP contribution in [-0.2, 0) is 17.8 Å². The normalized spacial score (nSPS) is 10.9. The van der Waals surface area contributed by atoms with Gasteiger partial charge in [-0.05, 0) is 26.3 Å². The zero-order chi connectivity index (χ0) is 14.0. The Bertz CT molecular complexity index is 598. The van der Waals surface area contributed by atoms with Crippen molar-refractivity contribution >= 4 is 5.97 Å². The van der Waals surface area contributed by atoms with Crippen LogP contribution in [0.2, 0.25) is 0 Å². The molecule has 0 aromatic carbocycles. The van der Waals surface area contributed by atoms with Crippen molar-refractivity contribution < 1.29 is 14.3 Å². The van der Waals surface area contributed by atoms with Gasteiger partial charge in [-0.25, -0.2) is 0 Å². The van der Waals surface area contributed by atoms with Crippen LogP contribution in [0.25, 0.3) is 11.5 Å². The molecule has 2 heterocycles. The molecule has 6 heteroatoms. The first kappa shape index (κ1) is 13.3. The molecule has 19 heavy (non-hydrogen) atoms. The maximum absolute atomic E-state index is 10.8. The van der Waals surface area contributed by atoms with E-state index < -0.39 is 5.97 Å². The van der Waals surface area contributed by atoms with Gasteiger partial charge in [-0.3, -0.25) is 4.79 Å². The van der Waals surface area contributed by atoms with Crippen molar-refractivity contribution in [3.05, 3.63) is 23.3 Å². The molecule has 0 atom stereocenters. The Hall–Kier alpha value is -2.11. The van der Waals surface area contributed by atoms with E-state index in [1.807, 2.05) is 26.8 Å². The summed E-state index contributed by atoms with van der Waals surface area (Å²) in [5, 5.41) is 16.9. The fourth-order valence-corrected chi connectivity index (χ4v) is 2.07. The zero-order valence-corrected chi connectivity index (χ0v) is 11.3. The van der Waals surface area contributed by atoms with Crippen molar-refractivity contribution in [1.29, 1.82) is 0 Å².